The molecule has 0 unspecified atom stereocenters. The lowest BCUT2D eigenvalue weighted by atomic mass is 10.1. The molecule has 0 radical (unpaired) electrons. The summed E-state index contributed by atoms with van der Waals surface area (Å²) in [4.78, 5) is 9.23. The second-order valence-corrected chi connectivity index (χ2v) is 7.95. The van der Waals surface area contributed by atoms with E-state index < -0.39 is 42.4 Å². The van der Waals surface area contributed by atoms with Crippen LogP contribution in [0.15, 0.2) is 29.2 Å². The highest BCUT2D eigenvalue weighted by atomic mass is 35.5. The summed E-state index contributed by atoms with van der Waals surface area (Å²) in [5.74, 6) is -1.18. The summed E-state index contributed by atoms with van der Waals surface area (Å²) in [6, 6.07) is 5.13. The lowest BCUT2D eigenvalue weighted by Gasteiger charge is -2.11. The summed E-state index contributed by atoms with van der Waals surface area (Å²) < 4.78 is 71.5. The number of sulfonamides is 1. The summed E-state index contributed by atoms with van der Waals surface area (Å²) in [5, 5.41) is 0.263. The number of halogens is 4. The van der Waals surface area contributed by atoms with Gasteiger partial charge in [0.2, 0.25) is 10.0 Å². The molecule has 1 heterocycles. The number of thiophene rings is 1. The molecular formula is C14H11ClF3NO4S2. The van der Waals surface area contributed by atoms with Crippen LogP contribution < -0.4 is 4.72 Å². The molecule has 25 heavy (non-hydrogen) atoms. The first-order valence-corrected chi connectivity index (χ1v) is 9.22. The van der Waals surface area contributed by atoms with Crippen molar-refractivity contribution in [3.63, 3.8) is 0 Å². The molecule has 2 rings (SSSR count). The Hall–Kier alpha value is -1.62. The van der Waals surface area contributed by atoms with E-state index in [1.165, 1.54) is 24.3 Å². The minimum Gasteiger partial charge on any atom is -0.465 e. The van der Waals surface area contributed by atoms with Crippen molar-refractivity contribution < 1.29 is 31.1 Å². The molecule has 2 aromatic rings. The minimum atomic E-state index is -4.87. The van der Waals surface area contributed by atoms with Gasteiger partial charge in [0, 0.05) is 10.6 Å². The van der Waals surface area contributed by atoms with Crippen molar-refractivity contribution in [2.24, 2.45) is 0 Å². The zero-order valence-electron chi connectivity index (χ0n) is 12.8. The Balaban J connectivity index is 2.97. The number of carbonyl (C=O) groups excluding carboxylic acids is 1. The molecule has 0 aliphatic carbocycles. The number of methoxy groups -OCH3 is 1. The van der Waals surface area contributed by atoms with Gasteiger partial charge in [-0.1, -0.05) is 23.7 Å². The van der Waals surface area contributed by atoms with Crippen molar-refractivity contribution in [2.75, 3.05) is 14.2 Å². The van der Waals surface area contributed by atoms with Crippen LogP contribution >= 0.6 is 22.9 Å². The van der Waals surface area contributed by atoms with Gasteiger partial charge in [-0.05, 0) is 24.7 Å². The van der Waals surface area contributed by atoms with E-state index in [9.17, 15) is 26.4 Å². The van der Waals surface area contributed by atoms with Crippen LogP contribution in [0.1, 0.15) is 14.5 Å². The molecule has 1 aromatic heterocycles. The maximum absolute atomic E-state index is 13.5. The average molecular weight is 414 g/mol. The molecule has 0 amide bonds. The first-order valence-electron chi connectivity index (χ1n) is 6.54. The zero-order chi connectivity index (χ0) is 19.0. The number of nitrogens with one attached hydrogen (secondary N) is 1. The maximum Gasteiger partial charge on any atom is 0.426 e. The summed E-state index contributed by atoms with van der Waals surface area (Å²) in [5.41, 5.74) is -0.666. The molecule has 11 heteroatoms. The Morgan fingerprint density at radius 2 is 1.80 bits per heavy atom. The van der Waals surface area contributed by atoms with Gasteiger partial charge in [0.1, 0.15) is 14.6 Å². The van der Waals surface area contributed by atoms with Gasteiger partial charge < -0.3 is 4.74 Å². The van der Waals surface area contributed by atoms with Crippen LogP contribution in [0.4, 0.5) is 13.2 Å². The molecule has 136 valence electrons. The third-order valence-corrected chi connectivity index (χ3v) is 6.24. The van der Waals surface area contributed by atoms with Gasteiger partial charge >= 0.3 is 12.1 Å². The highest BCUT2D eigenvalue weighted by Gasteiger charge is 2.42. The molecule has 5 nitrogen and oxygen atoms in total. The average Bonchev–Trinajstić information content (AvgIpc) is 2.96. The van der Waals surface area contributed by atoms with E-state index in [4.69, 9.17) is 11.6 Å². The molecule has 0 spiro atoms. The van der Waals surface area contributed by atoms with Crippen LogP contribution in [0.25, 0.3) is 11.1 Å². The summed E-state index contributed by atoms with van der Waals surface area (Å²) >= 11 is 5.75. The third-order valence-electron chi connectivity index (χ3n) is 3.16. The summed E-state index contributed by atoms with van der Waals surface area (Å²) in [6.45, 7) is 0. The predicted molar refractivity (Wildman–Crippen MR) is 87.4 cm³/mol. The highest BCUT2D eigenvalue weighted by molar-refractivity contribution is 7.89. The molecule has 0 saturated heterocycles. The molecule has 1 N–H and O–H groups in total. The second kappa shape index (κ2) is 6.94. The smallest absolute Gasteiger partial charge is 0.426 e. The minimum absolute atomic E-state index is 0.0153. The molecule has 0 atom stereocenters. The maximum atomic E-state index is 13.5. The molecule has 0 bridgehead atoms. The Labute approximate surface area is 150 Å². The topological polar surface area (TPSA) is 72.5 Å². The van der Waals surface area contributed by atoms with E-state index in [0.29, 0.717) is 0 Å². The van der Waals surface area contributed by atoms with E-state index in [1.54, 1.807) is 0 Å². The number of benzene rings is 1. The SMILES string of the molecule is CNS(=O)(=O)c1c(C(=O)OC)sc(C(F)(F)F)c1-c1ccc(Cl)cc1. The Morgan fingerprint density at radius 1 is 1.24 bits per heavy atom. The van der Waals surface area contributed by atoms with Gasteiger partial charge in [0.05, 0.1) is 7.11 Å². The van der Waals surface area contributed by atoms with Crippen LogP contribution in [-0.2, 0) is 20.9 Å². The van der Waals surface area contributed by atoms with Crippen molar-refractivity contribution in [1.29, 1.82) is 0 Å². The van der Waals surface area contributed by atoms with E-state index >= 15 is 0 Å². The van der Waals surface area contributed by atoms with Crippen LogP contribution in [0.3, 0.4) is 0 Å². The molecule has 1 aromatic carbocycles. The van der Waals surface area contributed by atoms with Gasteiger partial charge in [-0.25, -0.2) is 17.9 Å². The lowest BCUT2D eigenvalue weighted by Crippen LogP contribution is -2.21. The highest BCUT2D eigenvalue weighted by Crippen LogP contribution is 2.47. The lowest BCUT2D eigenvalue weighted by molar-refractivity contribution is -0.133. The van der Waals surface area contributed by atoms with E-state index in [0.717, 1.165) is 14.2 Å². The first-order chi connectivity index (χ1) is 11.5. The van der Waals surface area contributed by atoms with Crippen LogP contribution in [0.2, 0.25) is 5.02 Å². The molecule has 0 fully saturated rings. The van der Waals surface area contributed by atoms with Gasteiger partial charge in [0.15, 0.2) is 0 Å². The summed E-state index contributed by atoms with van der Waals surface area (Å²) in [7, 11) is -2.40. The molecule has 0 saturated carbocycles. The van der Waals surface area contributed by atoms with E-state index in [1.807, 2.05) is 4.72 Å². The standard InChI is InChI=1S/C14H11ClF3NO4S2/c1-19-25(21,22)11-9(7-3-5-8(15)6-4-7)12(14(16,17)18)24-10(11)13(20)23-2/h3-6,19H,1-2H3. The quantitative estimate of drug-likeness (QED) is 0.774. The van der Waals surface area contributed by atoms with Crippen molar-refractivity contribution in [3.8, 4) is 11.1 Å². The number of rotatable bonds is 4. The Morgan fingerprint density at radius 3 is 2.24 bits per heavy atom. The molecule has 0 aliphatic rings. The monoisotopic (exact) mass is 413 g/mol. The normalized spacial score (nSPS) is 12.2. The number of esters is 1. The number of ether oxygens (including phenoxy) is 1. The van der Waals surface area contributed by atoms with Crippen molar-refractivity contribution in [3.05, 3.63) is 39.0 Å². The van der Waals surface area contributed by atoms with Crippen molar-refractivity contribution in [1.82, 2.24) is 4.72 Å². The number of alkyl halides is 3. The van der Waals surface area contributed by atoms with Gasteiger partial charge in [-0.2, -0.15) is 13.2 Å². The number of carbonyl (C=O) groups is 1. The van der Waals surface area contributed by atoms with Crippen molar-refractivity contribution in [2.45, 2.75) is 11.1 Å². The van der Waals surface area contributed by atoms with E-state index in [2.05, 4.69) is 4.74 Å². The fourth-order valence-corrected chi connectivity index (χ4v) is 4.75. The third kappa shape index (κ3) is 3.81. The Kier molecular flexibility index (Phi) is 5.47. The number of hydrogen-bond donors (Lipinski definition) is 1. The molecule has 0 aliphatic heterocycles. The van der Waals surface area contributed by atoms with Crippen LogP contribution in [0, 0.1) is 0 Å². The van der Waals surface area contributed by atoms with E-state index in [-0.39, 0.29) is 21.9 Å². The van der Waals surface area contributed by atoms with Crippen molar-refractivity contribution >= 4 is 38.9 Å². The Bertz CT molecular complexity index is 905. The predicted octanol–water partition coefficient (Wildman–Crippen LogP) is 3.78. The molecular weight excluding hydrogens is 403 g/mol. The summed E-state index contributed by atoms with van der Waals surface area (Å²) in [6.07, 6.45) is -4.87. The largest absolute Gasteiger partial charge is 0.465 e. The fraction of sp³-hybridized carbons (Fsp3) is 0.214. The van der Waals surface area contributed by atoms with Gasteiger partial charge in [-0.3, -0.25) is 0 Å². The second-order valence-electron chi connectivity index (χ2n) is 4.67. The first kappa shape index (κ1) is 19.7. The number of hydrogen-bond acceptors (Lipinski definition) is 5. The zero-order valence-corrected chi connectivity index (χ0v) is 15.2. The van der Waals surface area contributed by atoms with Gasteiger partial charge in [0.25, 0.3) is 0 Å². The van der Waals surface area contributed by atoms with Gasteiger partial charge in [-0.15, -0.1) is 11.3 Å². The fourth-order valence-electron chi connectivity index (χ4n) is 2.08. The van der Waals surface area contributed by atoms with Crippen LogP contribution in [0.5, 0.6) is 0 Å². The van der Waals surface area contributed by atoms with Crippen LogP contribution in [-0.4, -0.2) is 28.5 Å².